The summed E-state index contributed by atoms with van der Waals surface area (Å²) in [6.07, 6.45) is 1.77. The largest absolute Gasteiger partial charge is 0.464 e. The Labute approximate surface area is 161 Å². The van der Waals surface area contributed by atoms with Gasteiger partial charge in [-0.25, -0.2) is 0 Å². The van der Waals surface area contributed by atoms with E-state index in [1.54, 1.807) is 42.7 Å². The van der Waals surface area contributed by atoms with Crippen molar-refractivity contribution in [1.82, 2.24) is 0 Å². The number of furan rings is 1. The Morgan fingerprint density at radius 3 is 2.54 bits per heavy atom. The van der Waals surface area contributed by atoms with Crippen LogP contribution in [0.25, 0.3) is 11.0 Å². The second-order valence-corrected chi connectivity index (χ2v) is 10.1. The number of aryl methyl sites for hydroxylation is 1. The van der Waals surface area contributed by atoms with E-state index >= 15 is 0 Å². The average Bonchev–Trinajstić information content (AvgIpc) is 3.04. The van der Waals surface area contributed by atoms with E-state index in [1.807, 2.05) is 12.1 Å². The summed E-state index contributed by atoms with van der Waals surface area (Å²) in [5, 5.41) is 0.905. The maximum atomic E-state index is 11.3. The molecule has 0 saturated heterocycles. The standard InChI is InChI=1S/C18H19O8PS/c19-27(20,21)18(28(22,23)24)6-2-4-13-3-1-5-15(11-13)26-16-7-8-17-14(12-16)9-10-25-17/h1,3,5,7-12,18H,2,4,6H2,(H2,19,20,21)(H,22,23,24). The molecule has 0 saturated carbocycles. The molecule has 1 atom stereocenters. The predicted molar refractivity (Wildman–Crippen MR) is 103 cm³/mol. The Bertz CT molecular complexity index is 1120. The van der Waals surface area contributed by atoms with Gasteiger partial charge in [0, 0.05) is 5.39 Å². The van der Waals surface area contributed by atoms with Gasteiger partial charge in [0.05, 0.1) is 6.26 Å². The van der Waals surface area contributed by atoms with E-state index in [0.717, 1.165) is 16.5 Å². The van der Waals surface area contributed by atoms with Crippen LogP contribution in [0.4, 0.5) is 0 Å². The molecular weight excluding hydrogens is 407 g/mol. The van der Waals surface area contributed by atoms with Gasteiger partial charge in [-0.2, -0.15) is 8.42 Å². The van der Waals surface area contributed by atoms with Gasteiger partial charge in [0.15, 0.2) is 4.99 Å². The van der Waals surface area contributed by atoms with Crippen molar-refractivity contribution in [3.05, 3.63) is 60.4 Å². The quantitative estimate of drug-likeness (QED) is 0.364. The molecule has 0 spiro atoms. The molecule has 0 aliphatic rings. The third-order valence-electron chi connectivity index (χ3n) is 4.19. The zero-order chi connectivity index (χ0) is 20.4. The lowest BCUT2D eigenvalue weighted by atomic mass is 10.1. The van der Waals surface area contributed by atoms with Gasteiger partial charge in [0.25, 0.3) is 10.1 Å². The topological polar surface area (TPSA) is 134 Å². The second kappa shape index (κ2) is 8.06. The molecule has 150 valence electrons. The van der Waals surface area contributed by atoms with Crippen molar-refractivity contribution in [3.8, 4) is 11.5 Å². The van der Waals surface area contributed by atoms with Crippen molar-refractivity contribution in [1.29, 1.82) is 0 Å². The lowest BCUT2D eigenvalue weighted by Gasteiger charge is -2.15. The highest BCUT2D eigenvalue weighted by molar-refractivity contribution is 7.93. The van der Waals surface area contributed by atoms with Crippen LogP contribution in [0.3, 0.4) is 0 Å². The number of fused-ring (bicyclic) bond motifs is 1. The fraction of sp³-hybridized carbons (Fsp3) is 0.222. The van der Waals surface area contributed by atoms with Crippen LogP contribution in [-0.4, -0.2) is 27.7 Å². The van der Waals surface area contributed by atoms with E-state index in [1.165, 1.54) is 0 Å². The van der Waals surface area contributed by atoms with Gasteiger partial charge >= 0.3 is 7.60 Å². The summed E-state index contributed by atoms with van der Waals surface area (Å²) in [4.78, 5) is 16.1. The molecule has 0 bridgehead atoms. The molecule has 3 rings (SSSR count). The molecule has 3 N–H and O–H groups in total. The molecule has 0 fully saturated rings. The smallest absolute Gasteiger partial charge is 0.346 e. The number of rotatable bonds is 8. The Morgan fingerprint density at radius 2 is 1.82 bits per heavy atom. The zero-order valence-corrected chi connectivity index (χ0v) is 16.3. The minimum absolute atomic E-state index is 0.167. The fourth-order valence-corrected chi connectivity index (χ4v) is 5.25. The van der Waals surface area contributed by atoms with Gasteiger partial charge < -0.3 is 18.9 Å². The summed E-state index contributed by atoms with van der Waals surface area (Å²) in [5.41, 5.74) is 1.56. The molecule has 8 nitrogen and oxygen atoms in total. The van der Waals surface area contributed by atoms with E-state index in [2.05, 4.69) is 0 Å². The molecule has 0 aliphatic carbocycles. The van der Waals surface area contributed by atoms with Crippen LogP contribution >= 0.6 is 7.60 Å². The number of hydrogen-bond acceptors (Lipinski definition) is 5. The van der Waals surface area contributed by atoms with Crippen molar-refractivity contribution < 1.29 is 36.5 Å². The maximum absolute atomic E-state index is 11.3. The monoisotopic (exact) mass is 426 g/mol. The number of benzene rings is 2. The first-order valence-corrected chi connectivity index (χ1v) is 11.6. The van der Waals surface area contributed by atoms with Gasteiger partial charge in [-0.05, 0) is 61.2 Å². The van der Waals surface area contributed by atoms with Crippen LogP contribution in [0, 0.1) is 0 Å². The Balaban J connectivity index is 1.65. The van der Waals surface area contributed by atoms with Gasteiger partial charge in [0.2, 0.25) is 0 Å². The van der Waals surface area contributed by atoms with Crippen LogP contribution in [0.2, 0.25) is 0 Å². The highest BCUT2D eigenvalue weighted by Gasteiger charge is 2.38. The molecule has 1 heterocycles. The summed E-state index contributed by atoms with van der Waals surface area (Å²) in [5.74, 6) is 1.20. The molecule has 3 aromatic rings. The van der Waals surface area contributed by atoms with Gasteiger partial charge in [-0.15, -0.1) is 0 Å². The van der Waals surface area contributed by atoms with Crippen molar-refractivity contribution in [2.75, 3.05) is 0 Å². The second-order valence-electron chi connectivity index (χ2n) is 6.32. The SMILES string of the molecule is O=P(O)(O)C(CCCc1cccc(Oc2ccc3occc3c2)c1)S(=O)(=O)O. The van der Waals surface area contributed by atoms with Crippen molar-refractivity contribution in [2.45, 2.75) is 24.3 Å². The molecule has 1 aromatic heterocycles. The third-order valence-corrected chi connectivity index (χ3v) is 7.75. The third kappa shape index (κ3) is 5.21. The highest BCUT2D eigenvalue weighted by Crippen LogP contribution is 2.46. The Morgan fingerprint density at radius 1 is 1.07 bits per heavy atom. The molecule has 10 heteroatoms. The molecular formula is C18H19O8PS. The zero-order valence-electron chi connectivity index (χ0n) is 14.6. The Hall–Kier alpha value is -2.16. The summed E-state index contributed by atoms with van der Waals surface area (Å²) < 4.78 is 53.8. The molecule has 28 heavy (non-hydrogen) atoms. The summed E-state index contributed by atoms with van der Waals surface area (Å²) in [6.45, 7) is 0. The summed E-state index contributed by atoms with van der Waals surface area (Å²) >= 11 is 0. The van der Waals surface area contributed by atoms with E-state index < -0.39 is 22.7 Å². The molecule has 2 aromatic carbocycles. The van der Waals surface area contributed by atoms with E-state index in [4.69, 9.17) is 23.5 Å². The van der Waals surface area contributed by atoms with Crippen LogP contribution < -0.4 is 4.74 Å². The number of ether oxygens (including phenoxy) is 1. The molecule has 0 amide bonds. The van der Waals surface area contributed by atoms with Crippen LogP contribution in [-0.2, 0) is 21.1 Å². The first kappa shape index (κ1) is 20.6. The van der Waals surface area contributed by atoms with E-state index in [0.29, 0.717) is 17.9 Å². The lowest BCUT2D eigenvalue weighted by Crippen LogP contribution is -2.20. The normalized spacial score (nSPS) is 13.5. The van der Waals surface area contributed by atoms with Crippen LogP contribution in [0.15, 0.2) is 59.2 Å². The predicted octanol–water partition coefficient (Wildman–Crippen LogP) is 3.94. The lowest BCUT2D eigenvalue weighted by molar-refractivity contribution is 0.360. The maximum Gasteiger partial charge on any atom is 0.346 e. The first-order valence-electron chi connectivity index (χ1n) is 8.38. The minimum Gasteiger partial charge on any atom is -0.464 e. The molecule has 0 aliphatic heterocycles. The van der Waals surface area contributed by atoms with Crippen molar-refractivity contribution in [3.63, 3.8) is 0 Å². The van der Waals surface area contributed by atoms with E-state index in [9.17, 15) is 13.0 Å². The first-order chi connectivity index (χ1) is 13.1. The van der Waals surface area contributed by atoms with Crippen LogP contribution in [0.5, 0.6) is 11.5 Å². The summed E-state index contributed by atoms with van der Waals surface area (Å²) in [6, 6.07) is 14.3. The highest BCUT2D eigenvalue weighted by atomic mass is 32.2. The van der Waals surface area contributed by atoms with Crippen molar-refractivity contribution in [2.24, 2.45) is 0 Å². The van der Waals surface area contributed by atoms with Crippen molar-refractivity contribution >= 4 is 28.7 Å². The fourth-order valence-electron chi connectivity index (χ4n) is 2.88. The van der Waals surface area contributed by atoms with Gasteiger partial charge in [-0.1, -0.05) is 12.1 Å². The van der Waals surface area contributed by atoms with E-state index in [-0.39, 0.29) is 12.8 Å². The van der Waals surface area contributed by atoms with Gasteiger partial charge in [-0.3, -0.25) is 9.12 Å². The average molecular weight is 426 g/mol. The number of hydrogen-bond donors (Lipinski definition) is 3. The Kier molecular flexibility index (Phi) is 5.92. The van der Waals surface area contributed by atoms with Gasteiger partial charge in [0.1, 0.15) is 17.1 Å². The minimum atomic E-state index is -4.96. The van der Waals surface area contributed by atoms with Crippen LogP contribution in [0.1, 0.15) is 18.4 Å². The summed E-state index contributed by atoms with van der Waals surface area (Å²) in [7, 11) is -9.79. The molecule has 0 radical (unpaired) electrons. The molecule has 1 unspecified atom stereocenters.